The number of carbonyl (C=O) groups excluding carboxylic acids is 2. The fourth-order valence-corrected chi connectivity index (χ4v) is 2.34. The van der Waals surface area contributed by atoms with Crippen molar-refractivity contribution in [2.75, 3.05) is 0 Å². The van der Waals surface area contributed by atoms with Crippen LogP contribution in [-0.2, 0) is 13.1 Å². The number of halogens is 1. The molecule has 0 aromatic heterocycles. The van der Waals surface area contributed by atoms with Gasteiger partial charge < -0.3 is 16.4 Å². The SMILES string of the molecule is NC(=O)NCc1ccc(C(=O)NCc2cccc(Br)c2)cc1. The summed E-state index contributed by atoms with van der Waals surface area (Å²) in [5.41, 5.74) is 7.47. The van der Waals surface area contributed by atoms with Crippen LogP contribution in [0.1, 0.15) is 21.5 Å². The fraction of sp³-hybridized carbons (Fsp3) is 0.125. The molecule has 0 heterocycles. The van der Waals surface area contributed by atoms with E-state index in [2.05, 4.69) is 26.6 Å². The van der Waals surface area contributed by atoms with Crippen molar-refractivity contribution in [2.45, 2.75) is 13.1 Å². The summed E-state index contributed by atoms with van der Waals surface area (Å²) >= 11 is 3.40. The van der Waals surface area contributed by atoms with Crippen LogP contribution in [0.4, 0.5) is 4.79 Å². The van der Waals surface area contributed by atoms with Gasteiger partial charge in [0.2, 0.25) is 0 Å². The number of nitrogens with one attached hydrogen (secondary N) is 2. The number of nitrogens with two attached hydrogens (primary N) is 1. The van der Waals surface area contributed by atoms with Crippen molar-refractivity contribution < 1.29 is 9.59 Å². The molecule has 0 atom stereocenters. The predicted octanol–water partition coefficient (Wildman–Crippen LogP) is 2.55. The van der Waals surface area contributed by atoms with E-state index in [1.807, 2.05) is 24.3 Å². The van der Waals surface area contributed by atoms with Gasteiger partial charge in [-0.25, -0.2) is 4.79 Å². The zero-order valence-corrected chi connectivity index (χ0v) is 13.4. The molecule has 5 nitrogen and oxygen atoms in total. The van der Waals surface area contributed by atoms with Crippen LogP contribution in [0.2, 0.25) is 0 Å². The molecule has 0 spiro atoms. The van der Waals surface area contributed by atoms with Crippen LogP contribution in [0.5, 0.6) is 0 Å². The first-order chi connectivity index (χ1) is 10.5. The molecule has 6 heteroatoms. The van der Waals surface area contributed by atoms with E-state index in [-0.39, 0.29) is 5.91 Å². The molecule has 0 aliphatic carbocycles. The van der Waals surface area contributed by atoms with Gasteiger partial charge in [0.15, 0.2) is 0 Å². The molecule has 0 saturated heterocycles. The van der Waals surface area contributed by atoms with Gasteiger partial charge in [-0.15, -0.1) is 0 Å². The minimum Gasteiger partial charge on any atom is -0.352 e. The second kappa shape index (κ2) is 7.61. The van der Waals surface area contributed by atoms with E-state index in [9.17, 15) is 9.59 Å². The molecule has 2 aromatic carbocycles. The number of primary amides is 1. The number of urea groups is 1. The highest BCUT2D eigenvalue weighted by Crippen LogP contribution is 2.11. The van der Waals surface area contributed by atoms with Crippen LogP contribution in [-0.4, -0.2) is 11.9 Å². The van der Waals surface area contributed by atoms with Crippen molar-refractivity contribution in [3.05, 3.63) is 69.7 Å². The Hall–Kier alpha value is -2.34. The van der Waals surface area contributed by atoms with Crippen molar-refractivity contribution in [3.8, 4) is 0 Å². The molecule has 22 heavy (non-hydrogen) atoms. The van der Waals surface area contributed by atoms with Crippen molar-refractivity contribution in [2.24, 2.45) is 5.73 Å². The molecule has 2 aromatic rings. The zero-order valence-electron chi connectivity index (χ0n) is 11.8. The lowest BCUT2D eigenvalue weighted by molar-refractivity contribution is 0.0951. The lowest BCUT2D eigenvalue weighted by Gasteiger charge is -2.07. The van der Waals surface area contributed by atoms with Gasteiger partial charge >= 0.3 is 6.03 Å². The quantitative estimate of drug-likeness (QED) is 0.764. The second-order valence-corrected chi connectivity index (χ2v) is 5.64. The van der Waals surface area contributed by atoms with Crippen LogP contribution >= 0.6 is 15.9 Å². The Morgan fingerprint density at radius 2 is 1.64 bits per heavy atom. The van der Waals surface area contributed by atoms with Gasteiger partial charge in [0.25, 0.3) is 5.91 Å². The van der Waals surface area contributed by atoms with Crippen molar-refractivity contribution in [1.82, 2.24) is 10.6 Å². The first-order valence-electron chi connectivity index (χ1n) is 6.69. The van der Waals surface area contributed by atoms with E-state index in [0.29, 0.717) is 18.7 Å². The van der Waals surface area contributed by atoms with Gasteiger partial charge in [-0.05, 0) is 35.4 Å². The van der Waals surface area contributed by atoms with Gasteiger partial charge in [0.05, 0.1) is 0 Å². The Morgan fingerprint density at radius 1 is 0.955 bits per heavy atom. The van der Waals surface area contributed by atoms with Crippen molar-refractivity contribution in [3.63, 3.8) is 0 Å². The molecule has 0 fully saturated rings. The second-order valence-electron chi connectivity index (χ2n) is 4.73. The van der Waals surface area contributed by atoms with E-state index in [0.717, 1.165) is 15.6 Å². The Bertz CT molecular complexity index is 671. The largest absolute Gasteiger partial charge is 0.352 e. The minimum atomic E-state index is -0.573. The molecule has 0 bridgehead atoms. The zero-order chi connectivity index (χ0) is 15.9. The van der Waals surface area contributed by atoms with E-state index < -0.39 is 6.03 Å². The highest BCUT2D eigenvalue weighted by Gasteiger charge is 2.05. The van der Waals surface area contributed by atoms with E-state index in [1.165, 1.54) is 0 Å². The van der Waals surface area contributed by atoms with Crippen LogP contribution in [0, 0.1) is 0 Å². The van der Waals surface area contributed by atoms with Gasteiger partial charge in [-0.1, -0.05) is 40.2 Å². The predicted molar refractivity (Wildman–Crippen MR) is 88.2 cm³/mol. The number of amides is 3. The maximum atomic E-state index is 12.1. The highest BCUT2D eigenvalue weighted by molar-refractivity contribution is 9.10. The highest BCUT2D eigenvalue weighted by atomic mass is 79.9. The first-order valence-corrected chi connectivity index (χ1v) is 7.49. The summed E-state index contributed by atoms with van der Waals surface area (Å²) in [6, 6.07) is 14.2. The third-order valence-corrected chi connectivity index (χ3v) is 3.52. The van der Waals surface area contributed by atoms with Crippen LogP contribution in [0.3, 0.4) is 0 Å². The monoisotopic (exact) mass is 361 g/mol. The molecular weight excluding hydrogens is 346 g/mol. The number of hydrogen-bond donors (Lipinski definition) is 3. The van der Waals surface area contributed by atoms with Gasteiger partial charge in [-0.2, -0.15) is 0 Å². The standard InChI is InChI=1S/C16H16BrN3O2/c17-14-3-1-2-12(8-14)10-19-15(21)13-6-4-11(5-7-13)9-20-16(18)22/h1-8H,9-10H2,(H,19,21)(H3,18,20,22). The van der Waals surface area contributed by atoms with E-state index in [4.69, 9.17) is 5.73 Å². The van der Waals surface area contributed by atoms with Crippen molar-refractivity contribution >= 4 is 27.9 Å². The van der Waals surface area contributed by atoms with Crippen LogP contribution in [0.25, 0.3) is 0 Å². The molecule has 0 unspecified atom stereocenters. The Morgan fingerprint density at radius 3 is 2.27 bits per heavy atom. The topological polar surface area (TPSA) is 84.2 Å². The maximum absolute atomic E-state index is 12.1. The fourth-order valence-electron chi connectivity index (χ4n) is 1.89. The Balaban J connectivity index is 1.91. The Labute approximate surface area is 137 Å². The molecule has 3 amide bonds. The third-order valence-electron chi connectivity index (χ3n) is 3.02. The molecular formula is C16H16BrN3O2. The summed E-state index contributed by atoms with van der Waals surface area (Å²) in [7, 11) is 0. The molecule has 0 saturated carbocycles. The molecule has 0 aliphatic heterocycles. The number of rotatable bonds is 5. The maximum Gasteiger partial charge on any atom is 0.312 e. The Kier molecular flexibility index (Phi) is 5.55. The van der Waals surface area contributed by atoms with Gasteiger partial charge in [-0.3, -0.25) is 4.79 Å². The van der Waals surface area contributed by atoms with E-state index >= 15 is 0 Å². The smallest absolute Gasteiger partial charge is 0.312 e. The van der Waals surface area contributed by atoms with Gasteiger partial charge in [0.1, 0.15) is 0 Å². The molecule has 0 aliphatic rings. The minimum absolute atomic E-state index is 0.144. The number of carbonyl (C=O) groups is 2. The van der Waals surface area contributed by atoms with Crippen LogP contribution < -0.4 is 16.4 Å². The average Bonchev–Trinajstić information content (AvgIpc) is 2.51. The average molecular weight is 362 g/mol. The van der Waals surface area contributed by atoms with Crippen LogP contribution in [0.15, 0.2) is 53.0 Å². The van der Waals surface area contributed by atoms with Crippen molar-refractivity contribution in [1.29, 1.82) is 0 Å². The summed E-state index contributed by atoms with van der Waals surface area (Å²) < 4.78 is 0.977. The normalized spacial score (nSPS) is 10.0. The number of hydrogen-bond acceptors (Lipinski definition) is 2. The summed E-state index contributed by atoms with van der Waals surface area (Å²) in [5, 5.41) is 5.36. The lowest BCUT2D eigenvalue weighted by Crippen LogP contribution is -2.28. The molecule has 0 radical (unpaired) electrons. The molecule has 4 N–H and O–H groups in total. The first kappa shape index (κ1) is 16.0. The summed E-state index contributed by atoms with van der Waals surface area (Å²) in [4.78, 5) is 22.7. The summed E-state index contributed by atoms with van der Waals surface area (Å²) in [6.45, 7) is 0.804. The summed E-state index contributed by atoms with van der Waals surface area (Å²) in [5.74, 6) is -0.144. The summed E-state index contributed by atoms with van der Waals surface area (Å²) in [6.07, 6.45) is 0. The third kappa shape index (κ3) is 4.89. The van der Waals surface area contributed by atoms with E-state index in [1.54, 1.807) is 24.3 Å². The number of benzene rings is 2. The van der Waals surface area contributed by atoms with Gasteiger partial charge in [0, 0.05) is 23.1 Å². The molecule has 2 rings (SSSR count). The lowest BCUT2D eigenvalue weighted by atomic mass is 10.1. The molecule has 114 valence electrons.